The molecule has 1 aromatic rings. The fourth-order valence-electron chi connectivity index (χ4n) is 1.46. The van der Waals surface area contributed by atoms with Crippen LogP contribution in [0.4, 0.5) is 5.69 Å². The van der Waals surface area contributed by atoms with Crippen LogP contribution >= 0.6 is 12.4 Å². The van der Waals surface area contributed by atoms with Crippen molar-refractivity contribution < 1.29 is 14.8 Å². The van der Waals surface area contributed by atoms with E-state index in [4.69, 9.17) is 10.8 Å². The lowest BCUT2D eigenvalue weighted by molar-refractivity contribution is -0.386. The van der Waals surface area contributed by atoms with Crippen molar-refractivity contribution in [1.29, 1.82) is 0 Å². The van der Waals surface area contributed by atoms with Gasteiger partial charge in [0.05, 0.1) is 4.92 Å². The van der Waals surface area contributed by atoms with Crippen molar-refractivity contribution in [1.82, 2.24) is 0 Å². The first-order chi connectivity index (χ1) is 7.49. The molecule has 7 heteroatoms. The molecule has 0 radical (unpaired) electrons. The Balaban J connectivity index is 0.00000256. The van der Waals surface area contributed by atoms with Gasteiger partial charge in [-0.1, -0.05) is 19.1 Å². The predicted molar refractivity (Wildman–Crippen MR) is 64.5 cm³/mol. The Morgan fingerprint density at radius 1 is 1.59 bits per heavy atom. The molecule has 17 heavy (non-hydrogen) atoms. The van der Waals surface area contributed by atoms with Gasteiger partial charge in [0.25, 0.3) is 5.69 Å². The Hall–Kier alpha value is -1.66. The van der Waals surface area contributed by atoms with Crippen molar-refractivity contribution in [2.45, 2.75) is 19.4 Å². The van der Waals surface area contributed by atoms with Crippen LogP contribution in [0.25, 0.3) is 0 Å². The predicted octanol–water partition coefficient (Wildman–Crippen LogP) is 2.12. The van der Waals surface area contributed by atoms with Crippen LogP contribution < -0.4 is 5.73 Å². The first kappa shape index (κ1) is 15.3. The van der Waals surface area contributed by atoms with Gasteiger partial charge < -0.3 is 10.8 Å². The van der Waals surface area contributed by atoms with Gasteiger partial charge in [0.2, 0.25) is 0 Å². The van der Waals surface area contributed by atoms with Crippen molar-refractivity contribution >= 4 is 24.1 Å². The second-order valence-corrected chi connectivity index (χ2v) is 3.32. The lowest BCUT2D eigenvalue weighted by Gasteiger charge is -2.10. The lowest BCUT2D eigenvalue weighted by Crippen LogP contribution is -2.13. The molecule has 0 spiro atoms. The van der Waals surface area contributed by atoms with Gasteiger partial charge in [0.1, 0.15) is 5.56 Å². The highest BCUT2D eigenvalue weighted by molar-refractivity contribution is 5.93. The van der Waals surface area contributed by atoms with Crippen LogP contribution in [0.2, 0.25) is 0 Å². The van der Waals surface area contributed by atoms with Gasteiger partial charge >= 0.3 is 5.97 Å². The number of hydrogen-bond donors (Lipinski definition) is 2. The van der Waals surface area contributed by atoms with E-state index in [2.05, 4.69) is 0 Å². The fraction of sp³-hybridized carbons (Fsp3) is 0.300. The molecule has 0 heterocycles. The van der Waals surface area contributed by atoms with E-state index in [9.17, 15) is 14.9 Å². The van der Waals surface area contributed by atoms with Crippen molar-refractivity contribution in [3.05, 3.63) is 39.4 Å². The smallest absolute Gasteiger partial charge is 0.342 e. The highest BCUT2D eigenvalue weighted by Crippen LogP contribution is 2.29. The Morgan fingerprint density at radius 3 is 2.59 bits per heavy atom. The molecule has 0 saturated carbocycles. The fourth-order valence-corrected chi connectivity index (χ4v) is 1.46. The topological polar surface area (TPSA) is 106 Å². The maximum atomic E-state index is 10.9. The van der Waals surface area contributed by atoms with E-state index in [-0.39, 0.29) is 23.5 Å². The summed E-state index contributed by atoms with van der Waals surface area (Å²) < 4.78 is 0. The summed E-state index contributed by atoms with van der Waals surface area (Å²) in [6.45, 7) is 1.78. The molecule has 1 aromatic carbocycles. The molecule has 0 aromatic heterocycles. The molecule has 0 amide bonds. The minimum Gasteiger partial charge on any atom is -0.477 e. The summed E-state index contributed by atoms with van der Waals surface area (Å²) >= 11 is 0. The molecule has 0 unspecified atom stereocenters. The molecule has 0 aliphatic heterocycles. The SMILES string of the molecule is CC[C@@H](N)c1cccc(C(=O)O)c1[N+](=O)[O-].Cl. The number of nitrogens with zero attached hydrogens (tertiary/aromatic N) is 1. The van der Waals surface area contributed by atoms with Crippen LogP contribution in [-0.2, 0) is 0 Å². The van der Waals surface area contributed by atoms with Crippen molar-refractivity contribution in [3.63, 3.8) is 0 Å². The molecule has 94 valence electrons. The third-order valence-corrected chi connectivity index (χ3v) is 2.32. The standard InChI is InChI=1S/C10H12N2O4.ClH/c1-2-8(11)6-4-3-5-7(10(13)14)9(6)12(15)16;/h3-5,8H,2,11H2,1H3,(H,13,14);1H/t8-;/m1./s1. The molecule has 0 bridgehead atoms. The van der Waals surface area contributed by atoms with Crippen LogP contribution in [0.1, 0.15) is 35.3 Å². The number of carboxylic acid groups (broad SMARTS) is 1. The zero-order valence-electron chi connectivity index (χ0n) is 9.12. The second kappa shape index (κ2) is 6.17. The average Bonchev–Trinajstić information content (AvgIpc) is 2.26. The number of carbonyl (C=O) groups is 1. The van der Waals surface area contributed by atoms with Crippen LogP contribution in [0.5, 0.6) is 0 Å². The summed E-state index contributed by atoms with van der Waals surface area (Å²) in [4.78, 5) is 21.0. The third-order valence-electron chi connectivity index (χ3n) is 2.32. The van der Waals surface area contributed by atoms with Crippen LogP contribution in [0.3, 0.4) is 0 Å². The van der Waals surface area contributed by atoms with E-state index < -0.39 is 22.6 Å². The molecular formula is C10H13ClN2O4. The summed E-state index contributed by atoms with van der Waals surface area (Å²) in [7, 11) is 0. The Labute approximate surface area is 104 Å². The van der Waals surface area contributed by atoms with Crippen LogP contribution in [0.15, 0.2) is 18.2 Å². The van der Waals surface area contributed by atoms with Gasteiger partial charge in [-0.25, -0.2) is 4.79 Å². The summed E-state index contributed by atoms with van der Waals surface area (Å²) in [5.74, 6) is -1.32. The monoisotopic (exact) mass is 260 g/mol. The minimum absolute atomic E-state index is 0. The van der Waals surface area contributed by atoms with E-state index in [0.29, 0.717) is 6.42 Å². The van der Waals surface area contributed by atoms with Gasteiger partial charge in [-0.15, -0.1) is 12.4 Å². The first-order valence-electron chi connectivity index (χ1n) is 4.75. The molecule has 6 nitrogen and oxygen atoms in total. The number of nitrogens with two attached hydrogens (primary N) is 1. The quantitative estimate of drug-likeness (QED) is 0.637. The number of carboxylic acids is 1. The van der Waals surface area contributed by atoms with E-state index in [1.165, 1.54) is 18.2 Å². The third kappa shape index (κ3) is 3.15. The van der Waals surface area contributed by atoms with Gasteiger partial charge in [-0.3, -0.25) is 10.1 Å². The largest absolute Gasteiger partial charge is 0.477 e. The number of nitro benzene ring substituents is 1. The summed E-state index contributed by atoms with van der Waals surface area (Å²) in [5.41, 5.74) is 5.22. The number of nitro groups is 1. The minimum atomic E-state index is -1.32. The van der Waals surface area contributed by atoms with E-state index in [1.54, 1.807) is 6.92 Å². The molecule has 0 fully saturated rings. The number of hydrogen-bond acceptors (Lipinski definition) is 4. The van der Waals surface area contributed by atoms with E-state index in [1.807, 2.05) is 0 Å². The molecular weight excluding hydrogens is 248 g/mol. The van der Waals surface area contributed by atoms with E-state index in [0.717, 1.165) is 0 Å². The number of benzene rings is 1. The summed E-state index contributed by atoms with van der Waals surface area (Å²) in [6.07, 6.45) is 0.504. The highest BCUT2D eigenvalue weighted by Gasteiger charge is 2.26. The number of halogens is 1. The molecule has 0 aliphatic carbocycles. The lowest BCUT2D eigenvalue weighted by atomic mass is 10.00. The van der Waals surface area contributed by atoms with Crippen LogP contribution in [0, 0.1) is 10.1 Å². The van der Waals surface area contributed by atoms with Crippen LogP contribution in [-0.4, -0.2) is 16.0 Å². The molecule has 3 N–H and O–H groups in total. The van der Waals surface area contributed by atoms with E-state index >= 15 is 0 Å². The number of rotatable bonds is 4. The first-order valence-corrected chi connectivity index (χ1v) is 4.75. The van der Waals surface area contributed by atoms with Gasteiger partial charge in [-0.05, 0) is 12.5 Å². The normalized spacial score (nSPS) is 11.4. The number of para-hydroxylation sites is 1. The summed E-state index contributed by atoms with van der Waals surface area (Å²) in [5, 5.41) is 19.7. The summed E-state index contributed by atoms with van der Waals surface area (Å²) in [6, 6.07) is 3.62. The highest BCUT2D eigenvalue weighted by atomic mass is 35.5. The maximum Gasteiger partial charge on any atom is 0.342 e. The maximum absolute atomic E-state index is 10.9. The second-order valence-electron chi connectivity index (χ2n) is 3.32. The molecule has 1 atom stereocenters. The van der Waals surface area contributed by atoms with Crippen molar-refractivity contribution in [2.24, 2.45) is 5.73 Å². The van der Waals surface area contributed by atoms with Crippen molar-refractivity contribution in [2.75, 3.05) is 0 Å². The Kier molecular flexibility index (Phi) is 5.57. The molecule has 1 rings (SSSR count). The molecule has 0 saturated heterocycles. The van der Waals surface area contributed by atoms with Gasteiger partial charge in [0.15, 0.2) is 0 Å². The van der Waals surface area contributed by atoms with Crippen molar-refractivity contribution in [3.8, 4) is 0 Å². The average molecular weight is 261 g/mol. The zero-order valence-corrected chi connectivity index (χ0v) is 9.94. The Morgan fingerprint density at radius 2 is 2.18 bits per heavy atom. The molecule has 0 aliphatic rings. The Bertz CT molecular complexity index is 436. The van der Waals surface area contributed by atoms with Gasteiger partial charge in [-0.2, -0.15) is 0 Å². The number of aromatic carboxylic acids is 1. The zero-order chi connectivity index (χ0) is 12.3. The van der Waals surface area contributed by atoms with Gasteiger partial charge in [0, 0.05) is 11.6 Å².